The first-order valence-corrected chi connectivity index (χ1v) is 13.7. The van der Waals surface area contributed by atoms with Gasteiger partial charge in [0.05, 0.1) is 35.7 Å². The second-order valence-corrected chi connectivity index (χ2v) is 9.96. The van der Waals surface area contributed by atoms with E-state index in [9.17, 15) is 19.2 Å². The Bertz CT molecular complexity index is 1850. The molecule has 42 heavy (non-hydrogen) atoms. The van der Waals surface area contributed by atoms with Crippen LogP contribution in [0, 0.1) is 0 Å². The molecule has 2 aliphatic rings. The smallest absolute Gasteiger partial charge is 0.269 e. The molecular formula is C34H24N2O6. The zero-order valence-corrected chi connectivity index (χ0v) is 22.8. The maximum atomic E-state index is 13.8. The second-order valence-electron chi connectivity index (χ2n) is 9.96. The lowest BCUT2D eigenvalue weighted by molar-refractivity contribution is 0.0874. The fourth-order valence-corrected chi connectivity index (χ4v) is 5.92. The number of amides is 4. The highest BCUT2D eigenvalue weighted by Gasteiger charge is 2.38. The van der Waals surface area contributed by atoms with E-state index in [1.807, 2.05) is 38.1 Å². The van der Waals surface area contributed by atoms with Gasteiger partial charge in [-0.3, -0.25) is 19.2 Å². The third kappa shape index (κ3) is 3.55. The van der Waals surface area contributed by atoms with Crippen molar-refractivity contribution < 1.29 is 28.7 Å². The SMILES string of the molecule is CCOc1ccc2cccc3c2c1C(=O)N(c1ccc(N2C(=O)c4cccc5ccc(OCC)c(c45)C2=O)cc1)C3=O. The van der Waals surface area contributed by atoms with Crippen molar-refractivity contribution in [1.82, 2.24) is 0 Å². The van der Waals surface area contributed by atoms with Gasteiger partial charge in [-0.25, -0.2) is 9.80 Å². The van der Waals surface area contributed by atoms with Gasteiger partial charge in [0.25, 0.3) is 23.6 Å². The Morgan fingerprint density at radius 1 is 0.500 bits per heavy atom. The summed E-state index contributed by atoms with van der Waals surface area (Å²) >= 11 is 0. The van der Waals surface area contributed by atoms with E-state index in [1.165, 1.54) is 0 Å². The fourth-order valence-electron chi connectivity index (χ4n) is 5.92. The van der Waals surface area contributed by atoms with Gasteiger partial charge in [-0.2, -0.15) is 0 Å². The van der Waals surface area contributed by atoms with E-state index in [1.54, 1.807) is 60.7 Å². The average Bonchev–Trinajstić information content (AvgIpc) is 3.00. The number of hydrogen-bond donors (Lipinski definition) is 0. The van der Waals surface area contributed by atoms with Crippen molar-refractivity contribution in [3.05, 3.63) is 107 Å². The number of rotatable bonds is 6. The number of benzene rings is 5. The van der Waals surface area contributed by atoms with E-state index in [4.69, 9.17) is 9.47 Å². The van der Waals surface area contributed by atoms with Crippen LogP contribution in [0.5, 0.6) is 11.5 Å². The van der Waals surface area contributed by atoms with E-state index >= 15 is 0 Å². The summed E-state index contributed by atoms with van der Waals surface area (Å²) in [7, 11) is 0. The molecule has 2 aliphatic heterocycles. The van der Waals surface area contributed by atoms with Gasteiger partial charge < -0.3 is 9.47 Å². The molecule has 0 bridgehead atoms. The Morgan fingerprint density at radius 2 is 0.905 bits per heavy atom. The Balaban J connectivity index is 1.30. The molecule has 0 unspecified atom stereocenters. The van der Waals surface area contributed by atoms with Crippen molar-refractivity contribution >= 4 is 56.5 Å². The fraction of sp³-hybridized carbons (Fsp3) is 0.118. The van der Waals surface area contributed by atoms with Gasteiger partial charge in [-0.1, -0.05) is 36.4 Å². The van der Waals surface area contributed by atoms with E-state index in [0.717, 1.165) is 20.6 Å². The molecule has 8 nitrogen and oxygen atoms in total. The highest BCUT2D eigenvalue weighted by atomic mass is 16.5. The van der Waals surface area contributed by atoms with Gasteiger partial charge >= 0.3 is 0 Å². The van der Waals surface area contributed by atoms with Crippen LogP contribution in [-0.4, -0.2) is 36.8 Å². The molecule has 0 N–H and O–H groups in total. The zero-order valence-electron chi connectivity index (χ0n) is 22.8. The first-order valence-electron chi connectivity index (χ1n) is 13.7. The third-order valence-corrected chi connectivity index (χ3v) is 7.68. The summed E-state index contributed by atoms with van der Waals surface area (Å²) in [4.78, 5) is 57.2. The number of nitrogens with zero attached hydrogens (tertiary/aromatic N) is 2. The molecule has 8 heteroatoms. The highest BCUT2D eigenvalue weighted by molar-refractivity contribution is 6.38. The van der Waals surface area contributed by atoms with Crippen LogP contribution < -0.4 is 19.3 Å². The van der Waals surface area contributed by atoms with Crippen LogP contribution in [0.2, 0.25) is 0 Å². The lowest BCUT2D eigenvalue weighted by Gasteiger charge is -2.30. The summed E-state index contributed by atoms with van der Waals surface area (Å²) < 4.78 is 11.5. The minimum absolute atomic E-state index is 0.303. The maximum Gasteiger partial charge on any atom is 0.269 e. The molecule has 5 aromatic rings. The predicted molar refractivity (Wildman–Crippen MR) is 159 cm³/mol. The van der Waals surface area contributed by atoms with Crippen molar-refractivity contribution in [2.45, 2.75) is 13.8 Å². The molecule has 0 aromatic heterocycles. The molecule has 7 rings (SSSR count). The zero-order chi connectivity index (χ0) is 29.1. The van der Waals surface area contributed by atoms with Crippen molar-refractivity contribution in [2.75, 3.05) is 23.0 Å². The van der Waals surface area contributed by atoms with Gasteiger partial charge in [0.2, 0.25) is 0 Å². The number of ether oxygens (including phenoxy) is 2. The van der Waals surface area contributed by atoms with Crippen molar-refractivity contribution in [2.24, 2.45) is 0 Å². The van der Waals surface area contributed by atoms with Crippen LogP contribution in [0.4, 0.5) is 11.4 Å². The normalized spacial score (nSPS) is 14.2. The van der Waals surface area contributed by atoms with Gasteiger partial charge in [0.1, 0.15) is 11.5 Å². The van der Waals surface area contributed by atoms with Crippen LogP contribution in [-0.2, 0) is 0 Å². The Labute approximate surface area is 240 Å². The maximum absolute atomic E-state index is 13.8. The molecule has 0 saturated carbocycles. The minimum atomic E-state index is -0.507. The molecule has 0 radical (unpaired) electrons. The number of carbonyl (C=O) groups is 4. The highest BCUT2D eigenvalue weighted by Crippen LogP contribution is 2.40. The lowest BCUT2D eigenvalue weighted by Crippen LogP contribution is -2.41. The van der Waals surface area contributed by atoms with E-state index in [0.29, 0.717) is 69.1 Å². The van der Waals surface area contributed by atoms with Crippen LogP contribution in [0.25, 0.3) is 21.5 Å². The van der Waals surface area contributed by atoms with Gasteiger partial charge in [0.15, 0.2) is 0 Å². The average molecular weight is 557 g/mol. The largest absolute Gasteiger partial charge is 0.493 e. The summed E-state index contributed by atoms with van der Waals surface area (Å²) in [5, 5.41) is 2.67. The van der Waals surface area contributed by atoms with Crippen LogP contribution in [0.1, 0.15) is 55.3 Å². The van der Waals surface area contributed by atoms with E-state index in [2.05, 4.69) is 0 Å². The molecule has 4 amide bonds. The summed E-state index contributed by atoms with van der Waals surface area (Å²) in [6, 6.07) is 24.0. The van der Waals surface area contributed by atoms with Crippen molar-refractivity contribution in [3.63, 3.8) is 0 Å². The summed E-state index contributed by atoms with van der Waals surface area (Å²) in [6.45, 7) is 4.38. The first kappa shape index (κ1) is 25.5. The number of hydrogen-bond acceptors (Lipinski definition) is 6. The molecule has 0 fully saturated rings. The molecule has 2 heterocycles. The Kier molecular flexibility index (Phi) is 5.79. The molecule has 0 spiro atoms. The van der Waals surface area contributed by atoms with Gasteiger partial charge in [-0.05, 0) is 73.2 Å². The standard InChI is InChI=1S/C34H24N2O6/c1-3-41-25-17-11-19-7-5-9-23-27(19)29(25)33(39)35(31(23)37)21-13-15-22(16-14-21)36-32(38)24-10-6-8-20-12-18-26(42-4-2)30(28(20)24)34(36)40/h5-18H,3-4H2,1-2H3. The van der Waals surface area contributed by atoms with Crippen molar-refractivity contribution in [3.8, 4) is 11.5 Å². The molecular weight excluding hydrogens is 532 g/mol. The topological polar surface area (TPSA) is 93.2 Å². The first-order chi connectivity index (χ1) is 20.4. The van der Waals surface area contributed by atoms with E-state index in [-0.39, 0.29) is 0 Å². The molecule has 0 atom stereocenters. The van der Waals surface area contributed by atoms with Gasteiger partial charge in [-0.15, -0.1) is 0 Å². The molecule has 206 valence electrons. The number of carbonyl (C=O) groups excluding carboxylic acids is 4. The monoisotopic (exact) mass is 556 g/mol. The van der Waals surface area contributed by atoms with Crippen LogP contribution in [0.15, 0.2) is 84.9 Å². The third-order valence-electron chi connectivity index (χ3n) is 7.68. The Hall–Kier alpha value is -5.50. The number of imide groups is 2. The summed E-state index contributed by atoms with van der Waals surface area (Å²) in [5.41, 5.74) is 2.03. The predicted octanol–water partition coefficient (Wildman–Crippen LogP) is 6.39. The lowest BCUT2D eigenvalue weighted by atomic mass is 9.92. The summed E-state index contributed by atoms with van der Waals surface area (Å²) in [5.74, 6) is -1.14. The molecule has 0 aliphatic carbocycles. The van der Waals surface area contributed by atoms with Gasteiger partial charge in [0, 0.05) is 21.9 Å². The van der Waals surface area contributed by atoms with Crippen LogP contribution in [0.3, 0.4) is 0 Å². The van der Waals surface area contributed by atoms with Crippen molar-refractivity contribution in [1.29, 1.82) is 0 Å². The summed E-state index contributed by atoms with van der Waals surface area (Å²) in [6.07, 6.45) is 0. The van der Waals surface area contributed by atoms with E-state index < -0.39 is 23.6 Å². The van der Waals surface area contributed by atoms with Crippen LogP contribution >= 0.6 is 0 Å². The Morgan fingerprint density at radius 3 is 1.29 bits per heavy atom. The molecule has 0 saturated heterocycles. The quantitative estimate of drug-likeness (QED) is 0.225. The molecule has 5 aromatic carbocycles. The number of anilines is 2. The minimum Gasteiger partial charge on any atom is -0.493 e. The second kappa shape index (κ2) is 9.55.